The second-order valence-corrected chi connectivity index (χ2v) is 7.73. The number of ether oxygens (including phenoxy) is 1. The quantitative estimate of drug-likeness (QED) is 0.356. The predicted molar refractivity (Wildman–Crippen MR) is 141 cm³/mol. The fraction of sp³-hybridized carbons (Fsp3) is 0.0741. The number of hydrogen-bond acceptors (Lipinski definition) is 5. The molecule has 3 aromatic carbocycles. The van der Waals surface area contributed by atoms with Gasteiger partial charge in [0.15, 0.2) is 0 Å². The van der Waals surface area contributed by atoms with Crippen LogP contribution >= 0.6 is 12.4 Å². The van der Waals surface area contributed by atoms with Crippen molar-refractivity contribution < 1.29 is 9.53 Å². The molecule has 0 radical (unpaired) electrons. The number of rotatable bonds is 6. The van der Waals surface area contributed by atoms with Gasteiger partial charge < -0.3 is 10.1 Å². The molecule has 2 N–H and O–H groups in total. The number of hydrogen-bond donors (Lipinski definition) is 2. The first-order valence-electron chi connectivity index (χ1n) is 10.9. The maximum atomic E-state index is 12.5. The summed E-state index contributed by atoms with van der Waals surface area (Å²) in [5.41, 5.74) is 3.91. The Morgan fingerprint density at radius 3 is 2.37 bits per heavy atom. The Bertz CT molecular complexity index is 1350. The molecule has 0 saturated carbocycles. The standard InChI is InChI=1S/C27H23N5O2.ClH/c1-34-22-15-13-21(14-16-22)24-18-23(20-10-6-3-7-11-20)28-27-30-26(31-32(24)27)29-25(33)17-12-19-8-4-2-5-9-19;/h2-18,24H,1H3,(H2,28,29,30,31,33);1H. The average Bonchev–Trinajstić information content (AvgIpc) is 3.30. The van der Waals surface area contributed by atoms with Crippen LogP contribution in [0.4, 0.5) is 11.9 Å². The third-order valence-electron chi connectivity index (χ3n) is 5.47. The molecule has 1 aromatic heterocycles. The van der Waals surface area contributed by atoms with E-state index in [-0.39, 0.29) is 30.3 Å². The van der Waals surface area contributed by atoms with E-state index in [1.54, 1.807) is 17.9 Å². The van der Waals surface area contributed by atoms with Gasteiger partial charge in [-0.15, -0.1) is 17.5 Å². The summed E-state index contributed by atoms with van der Waals surface area (Å²) in [7, 11) is 1.64. The topological polar surface area (TPSA) is 81.1 Å². The second-order valence-electron chi connectivity index (χ2n) is 7.73. The molecule has 176 valence electrons. The third kappa shape index (κ3) is 5.42. The molecule has 7 nitrogen and oxygen atoms in total. The minimum atomic E-state index is -0.302. The summed E-state index contributed by atoms with van der Waals surface area (Å²) in [4.78, 5) is 17.0. The lowest BCUT2D eigenvalue weighted by molar-refractivity contribution is -0.111. The lowest BCUT2D eigenvalue weighted by Gasteiger charge is -2.24. The lowest BCUT2D eigenvalue weighted by atomic mass is 10.0. The van der Waals surface area contributed by atoms with E-state index in [0.29, 0.717) is 5.95 Å². The number of benzene rings is 3. The summed E-state index contributed by atoms with van der Waals surface area (Å²) < 4.78 is 7.07. The van der Waals surface area contributed by atoms with Crippen molar-refractivity contribution >= 4 is 42.0 Å². The van der Waals surface area contributed by atoms with Crippen molar-refractivity contribution in [3.63, 3.8) is 0 Å². The maximum absolute atomic E-state index is 12.5. The van der Waals surface area contributed by atoms with Crippen LogP contribution in [0.25, 0.3) is 11.8 Å². The SMILES string of the molecule is COc1ccc(C2C=C(c3ccccc3)Nc3nc(NC(=O)C=Cc4ccccc4)nn32)cc1.Cl. The molecular weight excluding hydrogens is 462 g/mol. The Morgan fingerprint density at radius 2 is 1.69 bits per heavy atom. The number of anilines is 2. The summed E-state index contributed by atoms with van der Waals surface area (Å²) in [5, 5.41) is 10.7. The molecule has 0 bridgehead atoms. The van der Waals surface area contributed by atoms with Gasteiger partial charge in [0.1, 0.15) is 11.8 Å². The summed E-state index contributed by atoms with van der Waals surface area (Å²) in [6, 6.07) is 27.3. The fourth-order valence-corrected chi connectivity index (χ4v) is 3.76. The van der Waals surface area contributed by atoms with Gasteiger partial charge in [0.05, 0.1) is 7.11 Å². The monoisotopic (exact) mass is 485 g/mol. The van der Waals surface area contributed by atoms with Crippen LogP contribution in [0.15, 0.2) is 97.1 Å². The highest BCUT2D eigenvalue weighted by molar-refractivity contribution is 6.01. The predicted octanol–water partition coefficient (Wildman–Crippen LogP) is 5.42. The van der Waals surface area contributed by atoms with Gasteiger partial charge in [-0.25, -0.2) is 4.68 Å². The van der Waals surface area contributed by atoms with E-state index in [1.807, 2.05) is 84.9 Å². The Balaban J connectivity index is 0.00000289. The zero-order valence-electron chi connectivity index (χ0n) is 19.0. The van der Waals surface area contributed by atoms with Gasteiger partial charge in [-0.2, -0.15) is 4.98 Å². The molecule has 1 aliphatic rings. The first-order chi connectivity index (χ1) is 16.7. The highest BCUT2D eigenvalue weighted by Gasteiger charge is 2.25. The van der Waals surface area contributed by atoms with Crippen LogP contribution in [0.5, 0.6) is 5.75 Å². The van der Waals surface area contributed by atoms with Crippen LogP contribution in [-0.4, -0.2) is 27.8 Å². The van der Waals surface area contributed by atoms with Gasteiger partial charge in [0.2, 0.25) is 5.95 Å². The fourth-order valence-electron chi connectivity index (χ4n) is 3.76. The Labute approximate surface area is 209 Å². The number of carbonyl (C=O) groups is 1. The molecule has 0 spiro atoms. The number of allylic oxidation sites excluding steroid dienone is 1. The molecule has 2 heterocycles. The lowest BCUT2D eigenvalue weighted by Crippen LogP contribution is -2.20. The van der Waals surface area contributed by atoms with Gasteiger partial charge in [0, 0.05) is 11.8 Å². The maximum Gasteiger partial charge on any atom is 0.250 e. The largest absolute Gasteiger partial charge is 0.497 e. The van der Waals surface area contributed by atoms with E-state index in [4.69, 9.17) is 4.74 Å². The van der Waals surface area contributed by atoms with Crippen molar-refractivity contribution in [1.29, 1.82) is 0 Å². The first-order valence-corrected chi connectivity index (χ1v) is 10.9. The zero-order valence-corrected chi connectivity index (χ0v) is 19.8. The Morgan fingerprint density at radius 1 is 1.00 bits per heavy atom. The van der Waals surface area contributed by atoms with Crippen molar-refractivity contribution in [2.24, 2.45) is 0 Å². The summed E-state index contributed by atoms with van der Waals surface area (Å²) in [5.74, 6) is 1.25. The smallest absolute Gasteiger partial charge is 0.250 e. The normalized spacial score (nSPS) is 14.3. The number of amides is 1. The second kappa shape index (κ2) is 10.7. The summed E-state index contributed by atoms with van der Waals surface area (Å²) >= 11 is 0. The molecule has 0 saturated heterocycles. The number of nitrogens with zero attached hydrogens (tertiary/aromatic N) is 3. The van der Waals surface area contributed by atoms with Crippen LogP contribution < -0.4 is 15.4 Å². The number of nitrogens with one attached hydrogen (secondary N) is 2. The number of fused-ring (bicyclic) bond motifs is 1. The van der Waals surface area contributed by atoms with Crippen LogP contribution in [0, 0.1) is 0 Å². The number of aromatic nitrogens is 3. The molecule has 5 rings (SSSR count). The average molecular weight is 486 g/mol. The molecule has 4 aromatic rings. The van der Waals surface area contributed by atoms with Crippen molar-refractivity contribution in [2.45, 2.75) is 6.04 Å². The van der Waals surface area contributed by atoms with Gasteiger partial charge in [0.25, 0.3) is 11.9 Å². The molecule has 8 heteroatoms. The molecular formula is C27H24ClN5O2. The van der Waals surface area contributed by atoms with Crippen LogP contribution in [0.3, 0.4) is 0 Å². The van der Waals surface area contributed by atoms with E-state index in [9.17, 15) is 4.79 Å². The number of halogens is 1. The van der Waals surface area contributed by atoms with Crippen LogP contribution in [0.1, 0.15) is 22.7 Å². The van der Waals surface area contributed by atoms with Crippen LogP contribution in [0.2, 0.25) is 0 Å². The molecule has 1 aliphatic heterocycles. The number of carbonyl (C=O) groups excluding carboxylic acids is 1. The van der Waals surface area contributed by atoms with E-state index in [1.165, 1.54) is 6.08 Å². The van der Waals surface area contributed by atoms with E-state index in [2.05, 4.69) is 26.8 Å². The minimum absolute atomic E-state index is 0. The van der Waals surface area contributed by atoms with Crippen molar-refractivity contribution in [2.75, 3.05) is 17.7 Å². The molecule has 35 heavy (non-hydrogen) atoms. The highest BCUT2D eigenvalue weighted by Crippen LogP contribution is 2.33. The van der Waals surface area contributed by atoms with Crippen molar-refractivity contribution in [1.82, 2.24) is 14.8 Å². The highest BCUT2D eigenvalue weighted by atomic mass is 35.5. The first kappa shape index (κ1) is 23.8. The molecule has 1 amide bonds. The van der Waals surface area contributed by atoms with Crippen molar-refractivity contribution in [3.8, 4) is 5.75 Å². The van der Waals surface area contributed by atoms with E-state index < -0.39 is 0 Å². The zero-order chi connectivity index (χ0) is 23.3. The minimum Gasteiger partial charge on any atom is -0.497 e. The third-order valence-corrected chi connectivity index (χ3v) is 5.47. The van der Waals surface area contributed by atoms with Gasteiger partial charge in [-0.1, -0.05) is 72.8 Å². The van der Waals surface area contributed by atoms with Gasteiger partial charge >= 0.3 is 0 Å². The van der Waals surface area contributed by atoms with Gasteiger partial charge in [-0.3, -0.25) is 10.1 Å². The summed E-state index contributed by atoms with van der Waals surface area (Å²) in [6.07, 6.45) is 5.32. The molecule has 1 atom stereocenters. The number of methoxy groups -OCH3 is 1. The van der Waals surface area contributed by atoms with E-state index in [0.717, 1.165) is 28.1 Å². The Hall–Kier alpha value is -4.36. The van der Waals surface area contributed by atoms with Gasteiger partial charge in [-0.05, 0) is 41.0 Å². The molecule has 0 aliphatic carbocycles. The van der Waals surface area contributed by atoms with Crippen molar-refractivity contribution in [3.05, 3.63) is 114 Å². The molecule has 0 fully saturated rings. The molecule has 1 unspecified atom stereocenters. The Kier molecular flexibility index (Phi) is 7.28. The summed E-state index contributed by atoms with van der Waals surface area (Å²) in [6.45, 7) is 0. The van der Waals surface area contributed by atoms with Crippen LogP contribution in [-0.2, 0) is 4.79 Å². The van der Waals surface area contributed by atoms with E-state index >= 15 is 0 Å².